The van der Waals surface area contributed by atoms with Crippen molar-refractivity contribution < 1.29 is 14.9 Å². The van der Waals surface area contributed by atoms with E-state index in [9.17, 15) is 5.11 Å². The molecule has 1 heterocycles. The van der Waals surface area contributed by atoms with Crippen LogP contribution < -0.4 is 4.74 Å². The Kier molecular flexibility index (Phi) is 6.45. The molecule has 1 aromatic rings. The number of aliphatic hydroxyl groups excluding tert-OH is 2. The van der Waals surface area contributed by atoms with Gasteiger partial charge in [-0.05, 0) is 24.1 Å². The Labute approximate surface area is 126 Å². The van der Waals surface area contributed by atoms with Crippen LogP contribution in [0, 0.1) is 0 Å². The van der Waals surface area contributed by atoms with E-state index >= 15 is 0 Å². The van der Waals surface area contributed by atoms with Crippen molar-refractivity contribution in [3.05, 3.63) is 29.8 Å². The minimum Gasteiger partial charge on any atom is -0.497 e. The zero-order valence-corrected chi connectivity index (χ0v) is 12.7. The summed E-state index contributed by atoms with van der Waals surface area (Å²) in [4.78, 5) is 4.68. The number of nitrogens with zero attached hydrogens (tertiary/aromatic N) is 2. The van der Waals surface area contributed by atoms with Gasteiger partial charge in [-0.3, -0.25) is 9.80 Å². The Morgan fingerprint density at radius 2 is 2.10 bits per heavy atom. The summed E-state index contributed by atoms with van der Waals surface area (Å²) in [5, 5.41) is 18.4. The van der Waals surface area contributed by atoms with Gasteiger partial charge in [-0.25, -0.2) is 0 Å². The summed E-state index contributed by atoms with van der Waals surface area (Å²) in [5.74, 6) is 0.880. The van der Waals surface area contributed by atoms with Crippen LogP contribution in [0.5, 0.6) is 5.75 Å². The van der Waals surface area contributed by atoms with Gasteiger partial charge in [0.25, 0.3) is 0 Å². The SMILES string of the molecule is COc1cccc(CN2CCN(CCO)CC2CCO)c1. The third kappa shape index (κ3) is 4.68. The predicted octanol–water partition coefficient (Wildman–Crippen LogP) is 0.556. The van der Waals surface area contributed by atoms with Crippen LogP contribution in [-0.2, 0) is 6.54 Å². The molecule has 0 spiro atoms. The van der Waals surface area contributed by atoms with Crippen molar-refractivity contribution in [3.63, 3.8) is 0 Å². The topological polar surface area (TPSA) is 56.2 Å². The minimum absolute atomic E-state index is 0.196. The van der Waals surface area contributed by atoms with Gasteiger partial charge in [0.15, 0.2) is 0 Å². The normalized spacial score (nSPS) is 20.6. The first-order valence-electron chi connectivity index (χ1n) is 7.58. The first-order chi connectivity index (χ1) is 10.3. The van der Waals surface area contributed by atoms with Gasteiger partial charge in [0.05, 0.1) is 13.7 Å². The Morgan fingerprint density at radius 1 is 1.24 bits per heavy atom. The zero-order chi connectivity index (χ0) is 15.1. The number of hydrogen-bond acceptors (Lipinski definition) is 5. The number of benzene rings is 1. The van der Waals surface area contributed by atoms with Crippen molar-refractivity contribution in [2.45, 2.75) is 19.0 Å². The van der Waals surface area contributed by atoms with Crippen molar-refractivity contribution in [1.29, 1.82) is 0 Å². The molecule has 1 unspecified atom stereocenters. The third-order valence-corrected chi connectivity index (χ3v) is 4.09. The highest BCUT2D eigenvalue weighted by atomic mass is 16.5. The lowest BCUT2D eigenvalue weighted by Gasteiger charge is -2.41. The fourth-order valence-electron chi connectivity index (χ4n) is 2.94. The standard InChI is InChI=1S/C16H26N2O3/c1-21-16-4-2-3-14(11-16)12-18-7-6-17(8-10-20)13-15(18)5-9-19/h2-4,11,15,19-20H,5-10,12-13H2,1H3. The summed E-state index contributed by atoms with van der Waals surface area (Å²) < 4.78 is 5.27. The van der Waals surface area contributed by atoms with Gasteiger partial charge < -0.3 is 14.9 Å². The summed E-state index contributed by atoms with van der Waals surface area (Å²) >= 11 is 0. The molecule has 1 atom stereocenters. The lowest BCUT2D eigenvalue weighted by molar-refractivity contribution is 0.0455. The second-order valence-corrected chi connectivity index (χ2v) is 5.51. The molecule has 2 N–H and O–H groups in total. The smallest absolute Gasteiger partial charge is 0.119 e. The lowest BCUT2D eigenvalue weighted by Crippen LogP contribution is -2.53. The quantitative estimate of drug-likeness (QED) is 0.769. The average molecular weight is 294 g/mol. The van der Waals surface area contributed by atoms with Crippen molar-refractivity contribution >= 4 is 0 Å². The average Bonchev–Trinajstić information content (AvgIpc) is 2.51. The monoisotopic (exact) mass is 294 g/mol. The van der Waals surface area contributed by atoms with Crippen molar-refractivity contribution in [2.75, 3.05) is 46.5 Å². The molecule has 0 radical (unpaired) electrons. The van der Waals surface area contributed by atoms with E-state index in [4.69, 9.17) is 9.84 Å². The van der Waals surface area contributed by atoms with Crippen molar-refractivity contribution in [2.24, 2.45) is 0 Å². The van der Waals surface area contributed by atoms with Crippen molar-refractivity contribution in [3.8, 4) is 5.75 Å². The van der Waals surface area contributed by atoms with E-state index in [-0.39, 0.29) is 13.2 Å². The molecule has 118 valence electrons. The highest BCUT2D eigenvalue weighted by molar-refractivity contribution is 5.28. The van der Waals surface area contributed by atoms with Gasteiger partial charge in [-0.1, -0.05) is 12.1 Å². The largest absolute Gasteiger partial charge is 0.497 e. The number of hydrogen-bond donors (Lipinski definition) is 2. The van der Waals surface area contributed by atoms with E-state index in [0.717, 1.165) is 44.9 Å². The molecule has 2 rings (SSSR count). The fourth-order valence-corrected chi connectivity index (χ4v) is 2.94. The van der Waals surface area contributed by atoms with Crippen LogP contribution >= 0.6 is 0 Å². The molecule has 0 aromatic heterocycles. The molecule has 0 amide bonds. The van der Waals surface area contributed by atoms with Gasteiger partial charge in [-0.2, -0.15) is 0 Å². The molecular weight excluding hydrogens is 268 g/mol. The number of rotatable bonds is 7. The number of β-amino-alcohol motifs (C(OH)–C–C–N with tert-alkyl or cyclic N) is 1. The van der Waals surface area contributed by atoms with Crippen LogP contribution in [0.15, 0.2) is 24.3 Å². The number of methoxy groups -OCH3 is 1. The maximum Gasteiger partial charge on any atom is 0.119 e. The third-order valence-electron chi connectivity index (χ3n) is 4.09. The molecule has 0 aliphatic carbocycles. The van der Waals surface area contributed by atoms with Gasteiger partial charge in [0.2, 0.25) is 0 Å². The molecule has 21 heavy (non-hydrogen) atoms. The molecule has 1 aliphatic heterocycles. The Hall–Kier alpha value is -1.14. The maximum absolute atomic E-state index is 9.29. The second-order valence-electron chi connectivity index (χ2n) is 5.51. The van der Waals surface area contributed by atoms with Crippen molar-refractivity contribution in [1.82, 2.24) is 9.80 Å². The Balaban J connectivity index is 1.99. The van der Waals surface area contributed by atoms with E-state index in [1.165, 1.54) is 5.56 Å². The maximum atomic E-state index is 9.29. The van der Waals surface area contributed by atoms with E-state index in [1.807, 2.05) is 12.1 Å². The molecule has 0 saturated carbocycles. The van der Waals surface area contributed by atoms with Gasteiger partial charge >= 0.3 is 0 Å². The number of ether oxygens (including phenoxy) is 1. The minimum atomic E-state index is 0.196. The van der Waals surface area contributed by atoms with Crippen LogP contribution in [-0.4, -0.2) is 72.6 Å². The molecule has 1 aromatic carbocycles. The van der Waals surface area contributed by atoms with Gasteiger partial charge in [-0.15, -0.1) is 0 Å². The summed E-state index contributed by atoms with van der Waals surface area (Å²) in [7, 11) is 1.68. The summed E-state index contributed by atoms with van der Waals surface area (Å²) in [6.45, 7) is 4.82. The zero-order valence-electron chi connectivity index (χ0n) is 12.7. The van der Waals surface area contributed by atoms with E-state index in [1.54, 1.807) is 7.11 Å². The summed E-state index contributed by atoms with van der Waals surface area (Å²) in [6.07, 6.45) is 0.770. The van der Waals surface area contributed by atoms with Crippen LogP contribution in [0.2, 0.25) is 0 Å². The van der Waals surface area contributed by atoms with Crippen LogP contribution in [0.3, 0.4) is 0 Å². The first-order valence-corrected chi connectivity index (χ1v) is 7.58. The number of aliphatic hydroxyl groups is 2. The fraction of sp³-hybridized carbons (Fsp3) is 0.625. The highest BCUT2D eigenvalue weighted by Gasteiger charge is 2.26. The van der Waals surface area contributed by atoms with Crippen LogP contribution in [0.1, 0.15) is 12.0 Å². The van der Waals surface area contributed by atoms with E-state index in [2.05, 4.69) is 21.9 Å². The highest BCUT2D eigenvalue weighted by Crippen LogP contribution is 2.19. The van der Waals surface area contributed by atoms with E-state index < -0.39 is 0 Å². The Morgan fingerprint density at radius 3 is 2.81 bits per heavy atom. The van der Waals surface area contributed by atoms with Crippen LogP contribution in [0.25, 0.3) is 0 Å². The Bertz CT molecular complexity index is 428. The molecule has 5 nitrogen and oxygen atoms in total. The molecule has 1 saturated heterocycles. The molecule has 5 heteroatoms. The summed E-state index contributed by atoms with van der Waals surface area (Å²) in [5.41, 5.74) is 1.23. The number of piperazine rings is 1. The molecule has 1 fully saturated rings. The molecule has 1 aliphatic rings. The molecular formula is C16H26N2O3. The second kappa shape index (κ2) is 8.34. The predicted molar refractivity (Wildman–Crippen MR) is 82.4 cm³/mol. The van der Waals surface area contributed by atoms with Gasteiger partial charge in [0.1, 0.15) is 5.75 Å². The van der Waals surface area contributed by atoms with E-state index in [0.29, 0.717) is 6.04 Å². The van der Waals surface area contributed by atoms with Crippen LogP contribution in [0.4, 0.5) is 0 Å². The molecule has 0 bridgehead atoms. The lowest BCUT2D eigenvalue weighted by atomic mass is 10.1. The van der Waals surface area contributed by atoms with Gasteiger partial charge in [0, 0.05) is 45.4 Å². The first kappa shape index (κ1) is 16.2. The summed E-state index contributed by atoms with van der Waals surface area (Å²) in [6, 6.07) is 8.47.